The molecule has 4 heteroatoms. The standard InChI is InChI=1S/C40H72BrO2P/c1-6-8-10-12-14-20-24-28-32-42-40(43-33-29-25-21-15-13-11-9-7-2)31-27-23-19-17-16-18-22-26-30-38-34-39(44-41)37(5)35(3)36(38)4/h16,18,34,40,44H,6-15,17,19-33H2,1-5H3/b18-16+. The summed E-state index contributed by atoms with van der Waals surface area (Å²) in [5.41, 5.74) is 5.95. The molecule has 0 N–H and O–H groups in total. The number of rotatable bonds is 31. The first-order chi connectivity index (χ1) is 21.5. The van der Waals surface area contributed by atoms with Crippen molar-refractivity contribution >= 4 is 28.1 Å². The summed E-state index contributed by atoms with van der Waals surface area (Å²) in [5.74, 6) is 0. The Bertz CT molecular complexity index is 802. The van der Waals surface area contributed by atoms with E-state index in [1.54, 1.807) is 0 Å². The van der Waals surface area contributed by atoms with Gasteiger partial charge in [0.2, 0.25) is 0 Å². The molecule has 0 saturated heterocycles. The zero-order valence-electron chi connectivity index (χ0n) is 29.9. The number of aryl methyl sites for hydroxylation is 1. The van der Waals surface area contributed by atoms with E-state index in [1.807, 2.05) is 0 Å². The van der Waals surface area contributed by atoms with Gasteiger partial charge in [-0.2, -0.15) is 0 Å². The molecule has 0 aliphatic rings. The highest BCUT2D eigenvalue weighted by Gasteiger charge is 2.10. The average molecular weight is 696 g/mol. The van der Waals surface area contributed by atoms with Gasteiger partial charge in [0.15, 0.2) is 6.29 Å². The van der Waals surface area contributed by atoms with E-state index in [4.69, 9.17) is 9.47 Å². The summed E-state index contributed by atoms with van der Waals surface area (Å²) < 4.78 is 12.5. The summed E-state index contributed by atoms with van der Waals surface area (Å²) in [7, 11) is 0.701. The lowest BCUT2D eigenvalue weighted by Gasteiger charge is -2.19. The molecular formula is C40H72BrO2P. The summed E-state index contributed by atoms with van der Waals surface area (Å²) >= 11 is 3.69. The van der Waals surface area contributed by atoms with E-state index in [1.165, 1.54) is 175 Å². The predicted molar refractivity (Wildman–Crippen MR) is 204 cm³/mol. The van der Waals surface area contributed by atoms with Gasteiger partial charge in [-0.1, -0.05) is 144 Å². The minimum absolute atomic E-state index is 0.000823. The maximum Gasteiger partial charge on any atom is 0.157 e. The highest BCUT2D eigenvalue weighted by atomic mass is 79.9. The fourth-order valence-electron chi connectivity index (χ4n) is 5.98. The number of hydrogen-bond acceptors (Lipinski definition) is 2. The molecule has 0 aromatic heterocycles. The van der Waals surface area contributed by atoms with E-state index >= 15 is 0 Å². The Morgan fingerprint density at radius 2 is 1.07 bits per heavy atom. The maximum atomic E-state index is 6.27. The largest absolute Gasteiger partial charge is 0.353 e. The smallest absolute Gasteiger partial charge is 0.157 e. The van der Waals surface area contributed by atoms with Gasteiger partial charge in [0, 0.05) is 13.2 Å². The fraction of sp³-hybridized carbons (Fsp3) is 0.800. The van der Waals surface area contributed by atoms with Crippen LogP contribution in [0.25, 0.3) is 0 Å². The lowest BCUT2D eigenvalue weighted by atomic mass is 9.95. The average Bonchev–Trinajstić information content (AvgIpc) is 3.03. The number of benzene rings is 1. The predicted octanol–water partition coefficient (Wildman–Crippen LogP) is 13.7. The third-order valence-corrected chi connectivity index (χ3v) is 11.3. The molecule has 0 saturated carbocycles. The van der Waals surface area contributed by atoms with Crippen LogP contribution in [0.2, 0.25) is 0 Å². The van der Waals surface area contributed by atoms with E-state index in [-0.39, 0.29) is 6.29 Å². The van der Waals surface area contributed by atoms with Crippen LogP contribution >= 0.6 is 22.8 Å². The van der Waals surface area contributed by atoms with Gasteiger partial charge in [0.05, 0.1) is 0 Å². The number of halogens is 1. The fourth-order valence-corrected chi connectivity index (χ4v) is 7.78. The summed E-state index contributed by atoms with van der Waals surface area (Å²) in [6.07, 6.45) is 35.9. The van der Waals surface area contributed by atoms with Gasteiger partial charge in [0.25, 0.3) is 0 Å². The van der Waals surface area contributed by atoms with Crippen LogP contribution in [0.1, 0.15) is 184 Å². The zero-order chi connectivity index (χ0) is 32.1. The maximum absolute atomic E-state index is 6.27. The number of ether oxygens (including phenoxy) is 2. The summed E-state index contributed by atoms with van der Waals surface area (Å²) in [5, 5.41) is 1.47. The topological polar surface area (TPSA) is 18.5 Å². The Morgan fingerprint density at radius 1 is 0.591 bits per heavy atom. The molecule has 0 heterocycles. The van der Waals surface area contributed by atoms with Crippen molar-refractivity contribution in [3.63, 3.8) is 0 Å². The highest BCUT2D eigenvalue weighted by molar-refractivity contribution is 9.37. The molecule has 0 spiro atoms. The Labute approximate surface area is 285 Å². The first-order valence-corrected chi connectivity index (χ1v) is 22.1. The van der Waals surface area contributed by atoms with Gasteiger partial charge >= 0.3 is 0 Å². The second kappa shape index (κ2) is 30.1. The van der Waals surface area contributed by atoms with E-state index in [0.29, 0.717) is 7.28 Å². The van der Waals surface area contributed by atoms with Gasteiger partial charge in [-0.05, 0) is 113 Å². The third-order valence-electron chi connectivity index (χ3n) is 9.33. The molecule has 1 aromatic rings. The molecule has 256 valence electrons. The van der Waals surface area contributed by atoms with Gasteiger partial charge in [-0.3, -0.25) is 0 Å². The van der Waals surface area contributed by atoms with Crippen molar-refractivity contribution in [2.75, 3.05) is 13.2 Å². The van der Waals surface area contributed by atoms with Gasteiger partial charge in [-0.15, -0.1) is 0 Å². The molecule has 0 aliphatic heterocycles. The second-order valence-electron chi connectivity index (χ2n) is 13.2. The van der Waals surface area contributed by atoms with Gasteiger partial charge < -0.3 is 9.47 Å². The van der Waals surface area contributed by atoms with Crippen LogP contribution in [0.4, 0.5) is 0 Å². The quantitative estimate of drug-likeness (QED) is 0.0333. The van der Waals surface area contributed by atoms with Crippen LogP contribution in [0.5, 0.6) is 0 Å². The first-order valence-electron chi connectivity index (χ1n) is 18.9. The molecule has 0 amide bonds. The van der Waals surface area contributed by atoms with Crippen molar-refractivity contribution in [2.45, 2.75) is 195 Å². The van der Waals surface area contributed by atoms with E-state index in [9.17, 15) is 0 Å². The number of hydrogen-bond donors (Lipinski definition) is 0. The molecule has 0 bridgehead atoms. The lowest BCUT2D eigenvalue weighted by molar-refractivity contribution is -0.148. The van der Waals surface area contributed by atoms with Crippen LogP contribution in [0.3, 0.4) is 0 Å². The van der Waals surface area contributed by atoms with E-state index in [2.05, 4.69) is 68.3 Å². The van der Waals surface area contributed by atoms with E-state index in [0.717, 1.165) is 19.6 Å². The van der Waals surface area contributed by atoms with Crippen LogP contribution in [0.15, 0.2) is 18.2 Å². The summed E-state index contributed by atoms with van der Waals surface area (Å²) in [6, 6.07) is 2.43. The minimum atomic E-state index is -0.000823. The van der Waals surface area contributed by atoms with Gasteiger partial charge in [0.1, 0.15) is 0 Å². The summed E-state index contributed by atoms with van der Waals surface area (Å²) in [6.45, 7) is 13.1. The number of unbranched alkanes of at least 4 members (excludes halogenated alkanes) is 18. The Hall–Kier alpha value is -0.210. The zero-order valence-corrected chi connectivity index (χ0v) is 32.5. The van der Waals surface area contributed by atoms with Crippen molar-refractivity contribution in [2.24, 2.45) is 0 Å². The molecule has 0 fully saturated rings. The highest BCUT2D eigenvalue weighted by Crippen LogP contribution is 2.27. The SMILES string of the molecule is CCCCCCCCCCOC(CCCCC/C=C/CCCc1cc(PBr)c(C)c(C)c1C)OCCCCCCCCCC. The Morgan fingerprint density at radius 3 is 1.59 bits per heavy atom. The van der Waals surface area contributed by atoms with Crippen molar-refractivity contribution in [3.8, 4) is 0 Å². The molecule has 1 atom stereocenters. The van der Waals surface area contributed by atoms with Gasteiger partial charge in [-0.25, -0.2) is 0 Å². The third kappa shape index (κ3) is 21.6. The van der Waals surface area contributed by atoms with E-state index < -0.39 is 0 Å². The lowest BCUT2D eigenvalue weighted by Crippen LogP contribution is -2.19. The Kier molecular flexibility index (Phi) is 28.6. The molecule has 0 radical (unpaired) electrons. The molecule has 1 unspecified atom stereocenters. The minimum Gasteiger partial charge on any atom is -0.353 e. The first kappa shape index (κ1) is 41.8. The molecule has 2 nitrogen and oxygen atoms in total. The van der Waals surface area contributed by atoms with Crippen molar-refractivity contribution in [3.05, 3.63) is 40.5 Å². The molecule has 44 heavy (non-hydrogen) atoms. The second-order valence-corrected chi connectivity index (χ2v) is 15.1. The van der Waals surface area contributed by atoms with Crippen molar-refractivity contribution in [1.82, 2.24) is 0 Å². The summed E-state index contributed by atoms with van der Waals surface area (Å²) in [4.78, 5) is 0. The molecule has 1 rings (SSSR count). The monoisotopic (exact) mass is 694 g/mol. The van der Waals surface area contributed by atoms with Crippen LogP contribution in [0, 0.1) is 20.8 Å². The molecule has 1 aromatic carbocycles. The normalized spacial score (nSPS) is 12.2. The van der Waals surface area contributed by atoms with Crippen LogP contribution in [-0.2, 0) is 15.9 Å². The van der Waals surface area contributed by atoms with Crippen LogP contribution in [-0.4, -0.2) is 19.5 Å². The van der Waals surface area contributed by atoms with Crippen LogP contribution < -0.4 is 5.30 Å². The van der Waals surface area contributed by atoms with Crippen molar-refractivity contribution in [1.29, 1.82) is 0 Å². The number of allylic oxidation sites excluding steroid dienone is 2. The Balaban J connectivity index is 2.23. The van der Waals surface area contributed by atoms with Crippen molar-refractivity contribution < 1.29 is 9.47 Å². The molecular weight excluding hydrogens is 623 g/mol. The molecule has 0 aliphatic carbocycles.